The molecule has 1 aliphatic carbocycles. The van der Waals surface area contributed by atoms with Crippen molar-refractivity contribution >= 4 is 5.95 Å². The minimum Gasteiger partial charge on any atom is -0.381 e. The summed E-state index contributed by atoms with van der Waals surface area (Å²) in [6.45, 7) is 5.13. The molecule has 1 aliphatic heterocycles. The Labute approximate surface area is 141 Å². The van der Waals surface area contributed by atoms with Crippen LogP contribution in [0, 0.1) is 5.92 Å². The molecule has 134 valence electrons. The van der Waals surface area contributed by atoms with Gasteiger partial charge in [-0.1, -0.05) is 19.3 Å². The molecular weight excluding hydrogens is 308 g/mol. The van der Waals surface area contributed by atoms with E-state index >= 15 is 0 Å². The van der Waals surface area contributed by atoms with Gasteiger partial charge in [-0.2, -0.15) is 4.98 Å². The Balaban J connectivity index is 1.79. The van der Waals surface area contributed by atoms with Gasteiger partial charge < -0.3 is 10.1 Å². The average molecular weight is 336 g/mol. The largest absolute Gasteiger partial charge is 0.381 e. The molecule has 7 heteroatoms. The summed E-state index contributed by atoms with van der Waals surface area (Å²) >= 11 is 0. The summed E-state index contributed by atoms with van der Waals surface area (Å²) in [5.41, 5.74) is -1.40. The van der Waals surface area contributed by atoms with Gasteiger partial charge in [0.2, 0.25) is 5.95 Å². The molecule has 1 aromatic rings. The fourth-order valence-corrected chi connectivity index (χ4v) is 3.96. The van der Waals surface area contributed by atoms with Crippen molar-refractivity contribution in [2.45, 2.75) is 70.4 Å². The molecule has 0 spiro atoms. The Morgan fingerprint density at radius 3 is 2.54 bits per heavy atom. The second kappa shape index (κ2) is 7.09. The molecular formula is C17H28N4O3. The lowest BCUT2D eigenvalue weighted by molar-refractivity contribution is 0.0254. The Hall–Kier alpha value is -1.63. The van der Waals surface area contributed by atoms with Crippen molar-refractivity contribution in [1.82, 2.24) is 14.5 Å². The highest BCUT2D eigenvalue weighted by atomic mass is 16.5. The fraction of sp³-hybridized carbons (Fsp3) is 0.824. The fourth-order valence-electron chi connectivity index (χ4n) is 3.96. The Kier molecular flexibility index (Phi) is 5.08. The third-order valence-corrected chi connectivity index (χ3v) is 5.66. The van der Waals surface area contributed by atoms with Crippen LogP contribution in [-0.4, -0.2) is 33.8 Å². The lowest BCUT2D eigenvalue weighted by Gasteiger charge is -2.34. The maximum absolute atomic E-state index is 12.5. The average Bonchev–Trinajstić information content (AvgIpc) is 2.55. The molecule has 1 saturated carbocycles. The number of aromatic nitrogens is 3. The smallest absolute Gasteiger partial charge is 0.355 e. The lowest BCUT2D eigenvalue weighted by atomic mass is 9.85. The number of anilines is 1. The van der Waals surface area contributed by atoms with E-state index in [1.807, 2.05) is 6.92 Å². The molecule has 7 nitrogen and oxygen atoms in total. The molecule has 0 aromatic carbocycles. The Bertz CT molecular complexity index is 638. The maximum Gasteiger partial charge on any atom is 0.355 e. The van der Waals surface area contributed by atoms with Crippen molar-refractivity contribution < 1.29 is 4.74 Å². The number of ether oxygens (including phenoxy) is 1. The van der Waals surface area contributed by atoms with Gasteiger partial charge in [-0.05, 0) is 45.4 Å². The zero-order valence-corrected chi connectivity index (χ0v) is 14.6. The van der Waals surface area contributed by atoms with Crippen LogP contribution >= 0.6 is 0 Å². The highest BCUT2D eigenvalue weighted by Gasteiger charge is 2.33. The van der Waals surface area contributed by atoms with Crippen LogP contribution in [0.15, 0.2) is 9.59 Å². The first-order valence-corrected chi connectivity index (χ1v) is 9.08. The van der Waals surface area contributed by atoms with Crippen molar-refractivity contribution in [2.75, 3.05) is 18.5 Å². The number of rotatable bonds is 4. The van der Waals surface area contributed by atoms with Crippen LogP contribution < -0.4 is 16.7 Å². The van der Waals surface area contributed by atoms with Gasteiger partial charge in [-0.15, -0.1) is 0 Å². The standard InChI is InChI=1S/C17H28N4O3/c1-12(13-6-4-3-5-7-13)18-14-19-15(22)21(16(23)20-14)17(2)8-10-24-11-9-17/h12-13H,3-11H2,1-2H3,(H2,18,19,20,22,23)/t12-/m0/s1. The van der Waals surface area contributed by atoms with E-state index in [1.54, 1.807) is 0 Å². The van der Waals surface area contributed by atoms with Gasteiger partial charge >= 0.3 is 11.4 Å². The van der Waals surface area contributed by atoms with Gasteiger partial charge in [0.05, 0.1) is 5.54 Å². The van der Waals surface area contributed by atoms with E-state index in [2.05, 4.69) is 22.2 Å². The van der Waals surface area contributed by atoms with Crippen molar-refractivity contribution in [2.24, 2.45) is 5.92 Å². The predicted molar refractivity (Wildman–Crippen MR) is 92.5 cm³/mol. The normalized spacial score (nSPS) is 22.9. The first-order valence-electron chi connectivity index (χ1n) is 9.08. The van der Waals surface area contributed by atoms with Crippen molar-refractivity contribution in [1.29, 1.82) is 0 Å². The van der Waals surface area contributed by atoms with Gasteiger partial charge in [-0.3, -0.25) is 4.98 Å². The monoisotopic (exact) mass is 336 g/mol. The highest BCUT2D eigenvalue weighted by molar-refractivity contribution is 5.23. The summed E-state index contributed by atoms with van der Waals surface area (Å²) in [7, 11) is 0. The summed E-state index contributed by atoms with van der Waals surface area (Å²) in [6, 6.07) is 0.197. The molecule has 3 rings (SSSR count). The number of hydrogen-bond donors (Lipinski definition) is 2. The molecule has 2 fully saturated rings. The first-order chi connectivity index (χ1) is 11.5. The molecule has 1 atom stereocenters. The SMILES string of the molecule is C[C@H](Nc1nc(=O)n(C2(C)CCOCC2)c(=O)[nH]1)C1CCCCC1. The number of nitrogens with zero attached hydrogens (tertiary/aromatic N) is 2. The van der Waals surface area contributed by atoms with Gasteiger partial charge in [0.1, 0.15) is 0 Å². The third-order valence-electron chi connectivity index (χ3n) is 5.66. The van der Waals surface area contributed by atoms with Gasteiger partial charge in [0, 0.05) is 19.3 Å². The van der Waals surface area contributed by atoms with Crippen LogP contribution in [-0.2, 0) is 10.3 Å². The molecule has 1 saturated heterocycles. The van der Waals surface area contributed by atoms with Crippen molar-refractivity contribution in [3.05, 3.63) is 21.0 Å². The molecule has 2 heterocycles. The minimum atomic E-state index is -0.524. The zero-order chi connectivity index (χ0) is 17.2. The predicted octanol–water partition coefficient (Wildman–Crippen LogP) is 1.84. The van der Waals surface area contributed by atoms with Crippen LogP contribution in [0.1, 0.15) is 58.8 Å². The number of H-pyrrole nitrogens is 1. The summed E-state index contributed by atoms with van der Waals surface area (Å²) in [5, 5.41) is 3.23. The number of nitrogens with one attached hydrogen (secondary N) is 2. The highest BCUT2D eigenvalue weighted by Crippen LogP contribution is 2.28. The Morgan fingerprint density at radius 1 is 1.25 bits per heavy atom. The summed E-state index contributed by atoms with van der Waals surface area (Å²) in [5.74, 6) is 0.856. The second-order valence-corrected chi connectivity index (χ2v) is 7.45. The van der Waals surface area contributed by atoms with Crippen LogP contribution in [0.25, 0.3) is 0 Å². The van der Waals surface area contributed by atoms with Crippen LogP contribution in [0.2, 0.25) is 0 Å². The molecule has 0 unspecified atom stereocenters. The van der Waals surface area contributed by atoms with E-state index in [-0.39, 0.29) is 12.0 Å². The van der Waals surface area contributed by atoms with E-state index < -0.39 is 16.9 Å². The topological polar surface area (TPSA) is 89.0 Å². The van der Waals surface area contributed by atoms with Gasteiger partial charge in [0.25, 0.3) is 0 Å². The van der Waals surface area contributed by atoms with Crippen LogP contribution in [0.4, 0.5) is 5.95 Å². The third kappa shape index (κ3) is 3.55. The molecule has 0 radical (unpaired) electrons. The minimum absolute atomic E-state index is 0.197. The summed E-state index contributed by atoms with van der Waals surface area (Å²) in [4.78, 5) is 31.8. The van der Waals surface area contributed by atoms with E-state index in [0.717, 1.165) is 0 Å². The van der Waals surface area contributed by atoms with E-state index in [0.29, 0.717) is 32.0 Å². The molecule has 2 N–H and O–H groups in total. The molecule has 2 aliphatic rings. The van der Waals surface area contributed by atoms with Crippen LogP contribution in [0.3, 0.4) is 0 Å². The number of hydrogen-bond acceptors (Lipinski definition) is 5. The Morgan fingerprint density at radius 2 is 1.92 bits per heavy atom. The molecule has 1 aromatic heterocycles. The molecule has 24 heavy (non-hydrogen) atoms. The van der Waals surface area contributed by atoms with E-state index in [9.17, 15) is 9.59 Å². The maximum atomic E-state index is 12.5. The second-order valence-electron chi connectivity index (χ2n) is 7.45. The summed E-state index contributed by atoms with van der Waals surface area (Å²) < 4.78 is 6.61. The number of aromatic amines is 1. The van der Waals surface area contributed by atoms with E-state index in [4.69, 9.17) is 4.74 Å². The van der Waals surface area contributed by atoms with Crippen molar-refractivity contribution in [3.63, 3.8) is 0 Å². The van der Waals surface area contributed by atoms with E-state index in [1.165, 1.54) is 36.7 Å². The zero-order valence-electron chi connectivity index (χ0n) is 14.6. The first kappa shape index (κ1) is 17.2. The quantitative estimate of drug-likeness (QED) is 0.876. The summed E-state index contributed by atoms with van der Waals surface area (Å²) in [6.07, 6.45) is 7.47. The molecule has 0 bridgehead atoms. The van der Waals surface area contributed by atoms with Crippen LogP contribution in [0.5, 0.6) is 0 Å². The van der Waals surface area contributed by atoms with Crippen molar-refractivity contribution in [3.8, 4) is 0 Å². The van der Waals surface area contributed by atoms with Gasteiger partial charge in [-0.25, -0.2) is 14.2 Å². The van der Waals surface area contributed by atoms with Gasteiger partial charge in [0.15, 0.2) is 0 Å². The molecule has 0 amide bonds. The lowest BCUT2D eigenvalue weighted by Crippen LogP contribution is -2.51.